The highest BCUT2D eigenvalue weighted by atomic mass is 79.9. The first-order chi connectivity index (χ1) is 8.72. The Kier molecular flexibility index (Phi) is 4.15. The fourth-order valence-electron chi connectivity index (χ4n) is 1.91. The number of amides is 1. The molecule has 18 heavy (non-hydrogen) atoms. The van der Waals surface area contributed by atoms with Gasteiger partial charge in [-0.2, -0.15) is 0 Å². The number of nitrogens with zero attached hydrogens (tertiary/aromatic N) is 2. The van der Waals surface area contributed by atoms with Crippen LogP contribution >= 0.6 is 15.9 Å². The first-order valence-electron chi connectivity index (χ1n) is 5.67. The lowest BCUT2D eigenvalue weighted by Crippen LogP contribution is -2.17. The SMILES string of the molecule is C=C(Br)Cn1c(CCNC=O)nc2ccccc21. The molecule has 2 rings (SSSR count). The van der Waals surface area contributed by atoms with Gasteiger partial charge in [-0.3, -0.25) is 4.79 Å². The molecule has 1 amide bonds. The molecule has 0 atom stereocenters. The summed E-state index contributed by atoms with van der Waals surface area (Å²) in [6, 6.07) is 7.98. The van der Waals surface area contributed by atoms with Gasteiger partial charge in [-0.25, -0.2) is 4.98 Å². The Labute approximate surface area is 114 Å². The molecule has 0 fully saturated rings. The lowest BCUT2D eigenvalue weighted by atomic mass is 10.3. The average molecular weight is 308 g/mol. The molecule has 0 saturated carbocycles. The zero-order valence-corrected chi connectivity index (χ0v) is 11.5. The van der Waals surface area contributed by atoms with Gasteiger partial charge in [-0.1, -0.05) is 34.6 Å². The van der Waals surface area contributed by atoms with Gasteiger partial charge in [0.2, 0.25) is 6.41 Å². The van der Waals surface area contributed by atoms with Gasteiger partial charge in [0.15, 0.2) is 0 Å². The Bertz CT molecular complexity index is 577. The number of benzene rings is 1. The highest BCUT2D eigenvalue weighted by Gasteiger charge is 2.10. The highest BCUT2D eigenvalue weighted by molar-refractivity contribution is 9.11. The van der Waals surface area contributed by atoms with Crippen LogP contribution in [0.25, 0.3) is 11.0 Å². The molecule has 1 aromatic carbocycles. The van der Waals surface area contributed by atoms with Gasteiger partial charge in [0.1, 0.15) is 5.82 Å². The quantitative estimate of drug-likeness (QED) is 0.657. The summed E-state index contributed by atoms with van der Waals surface area (Å²) < 4.78 is 3.01. The zero-order valence-electron chi connectivity index (χ0n) is 9.90. The third-order valence-corrected chi connectivity index (χ3v) is 2.89. The molecule has 0 aliphatic rings. The van der Waals surface area contributed by atoms with Crippen molar-refractivity contribution >= 4 is 33.4 Å². The summed E-state index contributed by atoms with van der Waals surface area (Å²) >= 11 is 3.38. The number of hydrogen-bond acceptors (Lipinski definition) is 2. The van der Waals surface area contributed by atoms with Crippen LogP contribution in [0.5, 0.6) is 0 Å². The van der Waals surface area contributed by atoms with E-state index in [0.717, 1.165) is 21.3 Å². The number of hydrogen-bond donors (Lipinski definition) is 1. The number of carbonyl (C=O) groups is 1. The van der Waals surface area contributed by atoms with E-state index in [9.17, 15) is 4.79 Å². The van der Waals surface area contributed by atoms with Crippen molar-refractivity contribution in [3.8, 4) is 0 Å². The van der Waals surface area contributed by atoms with Crippen molar-refractivity contribution in [1.29, 1.82) is 0 Å². The molecular formula is C13H14BrN3O. The van der Waals surface area contributed by atoms with E-state index in [1.165, 1.54) is 0 Å². The van der Waals surface area contributed by atoms with Crippen molar-refractivity contribution in [2.75, 3.05) is 6.54 Å². The van der Waals surface area contributed by atoms with Crippen molar-refractivity contribution in [2.45, 2.75) is 13.0 Å². The molecule has 2 aromatic rings. The number of imidazole rings is 1. The number of rotatable bonds is 6. The minimum atomic E-state index is 0.585. The molecule has 94 valence electrons. The third kappa shape index (κ3) is 2.79. The molecule has 0 aliphatic heterocycles. The maximum atomic E-state index is 10.3. The van der Waals surface area contributed by atoms with Gasteiger partial charge in [0.25, 0.3) is 0 Å². The monoisotopic (exact) mass is 307 g/mol. The molecule has 1 aromatic heterocycles. The predicted molar refractivity (Wildman–Crippen MR) is 75.6 cm³/mol. The number of allylic oxidation sites excluding steroid dienone is 1. The van der Waals surface area contributed by atoms with Crippen LogP contribution in [0.1, 0.15) is 5.82 Å². The van der Waals surface area contributed by atoms with Gasteiger partial charge in [0, 0.05) is 17.4 Å². The van der Waals surface area contributed by atoms with Crippen molar-refractivity contribution in [1.82, 2.24) is 14.9 Å². The number of nitrogens with one attached hydrogen (secondary N) is 1. The molecule has 0 saturated heterocycles. The topological polar surface area (TPSA) is 46.9 Å². The minimum absolute atomic E-state index is 0.585. The number of carbonyl (C=O) groups excluding carboxylic acids is 1. The molecule has 4 nitrogen and oxygen atoms in total. The van der Waals surface area contributed by atoms with E-state index < -0.39 is 0 Å². The van der Waals surface area contributed by atoms with Gasteiger partial charge in [-0.05, 0) is 12.1 Å². The van der Waals surface area contributed by atoms with E-state index in [1.54, 1.807) is 0 Å². The summed E-state index contributed by atoms with van der Waals surface area (Å²) in [6.45, 7) is 5.13. The van der Waals surface area contributed by atoms with E-state index in [-0.39, 0.29) is 0 Å². The Balaban J connectivity index is 2.36. The van der Waals surface area contributed by atoms with Crippen molar-refractivity contribution in [3.63, 3.8) is 0 Å². The summed E-state index contributed by atoms with van der Waals surface area (Å²) in [6.07, 6.45) is 1.41. The minimum Gasteiger partial charge on any atom is -0.358 e. The molecule has 0 unspecified atom stereocenters. The summed E-state index contributed by atoms with van der Waals surface area (Å²) in [7, 11) is 0. The van der Waals surface area contributed by atoms with Crippen LogP contribution in [-0.4, -0.2) is 22.5 Å². The molecule has 0 radical (unpaired) electrons. The Hall–Kier alpha value is -1.62. The third-order valence-electron chi connectivity index (χ3n) is 2.64. The van der Waals surface area contributed by atoms with Gasteiger partial charge in [0.05, 0.1) is 17.6 Å². The first kappa shape index (κ1) is 12.8. The highest BCUT2D eigenvalue weighted by Crippen LogP contribution is 2.19. The van der Waals surface area contributed by atoms with Gasteiger partial charge < -0.3 is 9.88 Å². The summed E-state index contributed by atoms with van der Waals surface area (Å²) in [4.78, 5) is 14.9. The van der Waals surface area contributed by atoms with E-state index in [1.807, 2.05) is 24.3 Å². The van der Waals surface area contributed by atoms with E-state index in [2.05, 4.69) is 37.4 Å². The standard InChI is InChI=1S/C13H14BrN3O/c1-10(14)8-17-12-5-3-2-4-11(12)16-13(17)6-7-15-9-18/h2-5,9H,1,6-8H2,(H,15,18). The van der Waals surface area contributed by atoms with Crippen molar-refractivity contribution in [2.24, 2.45) is 0 Å². The van der Waals surface area contributed by atoms with E-state index >= 15 is 0 Å². The van der Waals surface area contributed by atoms with Crippen LogP contribution in [0, 0.1) is 0 Å². The number of fused-ring (bicyclic) bond motifs is 1. The maximum Gasteiger partial charge on any atom is 0.207 e. The van der Waals surface area contributed by atoms with Crippen LogP contribution < -0.4 is 5.32 Å². The van der Waals surface area contributed by atoms with Gasteiger partial charge >= 0.3 is 0 Å². The molecular weight excluding hydrogens is 294 g/mol. The second kappa shape index (κ2) is 5.82. The number of para-hydroxylation sites is 2. The van der Waals surface area contributed by atoms with Crippen LogP contribution in [0.3, 0.4) is 0 Å². The zero-order chi connectivity index (χ0) is 13.0. The second-order valence-corrected chi connectivity index (χ2v) is 5.06. The molecule has 1 N–H and O–H groups in total. The van der Waals surface area contributed by atoms with Crippen LogP contribution in [0.15, 0.2) is 35.3 Å². The lowest BCUT2D eigenvalue weighted by Gasteiger charge is -2.07. The summed E-state index contributed by atoms with van der Waals surface area (Å²) in [5.74, 6) is 0.950. The first-order valence-corrected chi connectivity index (χ1v) is 6.46. The lowest BCUT2D eigenvalue weighted by molar-refractivity contribution is -0.109. The molecule has 0 spiro atoms. The fourth-order valence-corrected chi connectivity index (χ4v) is 2.16. The Morgan fingerprint density at radius 2 is 2.28 bits per heavy atom. The number of aromatic nitrogens is 2. The maximum absolute atomic E-state index is 10.3. The molecule has 5 heteroatoms. The van der Waals surface area contributed by atoms with Crippen LogP contribution in [0.2, 0.25) is 0 Å². The van der Waals surface area contributed by atoms with Crippen LogP contribution in [-0.2, 0) is 17.8 Å². The summed E-state index contributed by atoms with van der Waals surface area (Å²) in [5, 5.41) is 2.65. The molecule has 0 bridgehead atoms. The second-order valence-electron chi connectivity index (χ2n) is 3.94. The van der Waals surface area contributed by atoms with Gasteiger partial charge in [-0.15, -0.1) is 0 Å². The van der Waals surface area contributed by atoms with Crippen molar-refractivity contribution < 1.29 is 4.79 Å². The molecule has 1 heterocycles. The smallest absolute Gasteiger partial charge is 0.207 e. The largest absolute Gasteiger partial charge is 0.358 e. The molecule has 0 aliphatic carbocycles. The Morgan fingerprint density at radius 3 is 3.00 bits per heavy atom. The fraction of sp³-hybridized carbons (Fsp3) is 0.231. The normalized spacial score (nSPS) is 10.5. The average Bonchev–Trinajstić information content (AvgIpc) is 2.68. The summed E-state index contributed by atoms with van der Waals surface area (Å²) in [5.41, 5.74) is 2.05. The number of halogens is 1. The van der Waals surface area contributed by atoms with E-state index in [0.29, 0.717) is 25.9 Å². The Morgan fingerprint density at radius 1 is 1.50 bits per heavy atom. The van der Waals surface area contributed by atoms with E-state index in [4.69, 9.17) is 0 Å². The van der Waals surface area contributed by atoms with Crippen LogP contribution in [0.4, 0.5) is 0 Å². The predicted octanol–water partition coefficient (Wildman–Crippen LogP) is 2.23. The van der Waals surface area contributed by atoms with Crippen molar-refractivity contribution in [3.05, 3.63) is 41.2 Å².